The molecule has 0 radical (unpaired) electrons. The summed E-state index contributed by atoms with van der Waals surface area (Å²) in [7, 11) is 0. The monoisotopic (exact) mass is 230 g/mol. The fourth-order valence-corrected chi connectivity index (χ4v) is 1.64. The number of rotatable bonds is 1. The standard InChI is InChI=1S/C12H10N2O3/c15-9-3-1-2-8(6-9)10-7-13-11-12(14-10)17-5-4-16-11/h1-3,6-7,15H,4-5H2. The van der Waals surface area contributed by atoms with Gasteiger partial charge in [-0.15, -0.1) is 0 Å². The maximum atomic E-state index is 9.41. The number of nitrogens with zero attached hydrogens (tertiary/aromatic N) is 2. The minimum absolute atomic E-state index is 0.194. The lowest BCUT2D eigenvalue weighted by molar-refractivity contribution is 0.157. The van der Waals surface area contributed by atoms with Crippen LogP contribution < -0.4 is 9.47 Å². The fraction of sp³-hybridized carbons (Fsp3) is 0.167. The smallest absolute Gasteiger partial charge is 0.278 e. The molecular formula is C12H10N2O3. The highest BCUT2D eigenvalue weighted by atomic mass is 16.6. The summed E-state index contributed by atoms with van der Waals surface area (Å²) >= 11 is 0. The quantitative estimate of drug-likeness (QED) is 0.806. The second-order valence-electron chi connectivity index (χ2n) is 3.61. The van der Waals surface area contributed by atoms with E-state index in [4.69, 9.17) is 9.47 Å². The molecule has 1 aliphatic heterocycles. The van der Waals surface area contributed by atoms with Gasteiger partial charge in [0.1, 0.15) is 19.0 Å². The third-order valence-electron chi connectivity index (χ3n) is 2.41. The zero-order chi connectivity index (χ0) is 11.7. The summed E-state index contributed by atoms with van der Waals surface area (Å²) in [5.41, 5.74) is 1.43. The lowest BCUT2D eigenvalue weighted by Crippen LogP contribution is -2.17. The van der Waals surface area contributed by atoms with Gasteiger partial charge in [0.15, 0.2) is 0 Å². The summed E-state index contributed by atoms with van der Waals surface area (Å²) in [6, 6.07) is 6.83. The molecule has 0 spiro atoms. The molecule has 5 heteroatoms. The van der Waals surface area contributed by atoms with E-state index in [0.29, 0.717) is 30.7 Å². The van der Waals surface area contributed by atoms with Crippen molar-refractivity contribution in [2.24, 2.45) is 0 Å². The van der Waals surface area contributed by atoms with Crippen molar-refractivity contribution in [2.45, 2.75) is 0 Å². The van der Waals surface area contributed by atoms with Gasteiger partial charge < -0.3 is 14.6 Å². The van der Waals surface area contributed by atoms with Gasteiger partial charge in [0.2, 0.25) is 0 Å². The van der Waals surface area contributed by atoms with Gasteiger partial charge in [-0.1, -0.05) is 12.1 Å². The normalized spacial score (nSPS) is 13.4. The lowest BCUT2D eigenvalue weighted by atomic mass is 10.1. The van der Waals surface area contributed by atoms with Crippen LogP contribution in [-0.2, 0) is 0 Å². The van der Waals surface area contributed by atoms with Gasteiger partial charge in [-0.05, 0) is 12.1 Å². The topological polar surface area (TPSA) is 64.5 Å². The summed E-state index contributed by atoms with van der Waals surface area (Å²) in [6.45, 7) is 0.971. The molecule has 2 aromatic rings. The molecule has 1 aliphatic rings. The number of hydrogen-bond donors (Lipinski definition) is 1. The van der Waals surface area contributed by atoms with Gasteiger partial charge in [-0.25, -0.2) is 9.97 Å². The molecular weight excluding hydrogens is 220 g/mol. The minimum Gasteiger partial charge on any atom is -0.508 e. The number of benzene rings is 1. The summed E-state index contributed by atoms with van der Waals surface area (Å²) in [5.74, 6) is 1.01. The van der Waals surface area contributed by atoms with E-state index < -0.39 is 0 Å². The fourth-order valence-electron chi connectivity index (χ4n) is 1.64. The zero-order valence-electron chi connectivity index (χ0n) is 8.96. The first-order valence-corrected chi connectivity index (χ1v) is 5.25. The van der Waals surface area contributed by atoms with E-state index in [2.05, 4.69) is 9.97 Å². The van der Waals surface area contributed by atoms with Crippen molar-refractivity contribution in [1.29, 1.82) is 0 Å². The molecule has 5 nitrogen and oxygen atoms in total. The van der Waals surface area contributed by atoms with E-state index in [1.807, 2.05) is 6.07 Å². The molecule has 3 rings (SSSR count). The van der Waals surface area contributed by atoms with Crippen molar-refractivity contribution in [1.82, 2.24) is 9.97 Å². The Hall–Kier alpha value is -2.30. The van der Waals surface area contributed by atoms with Crippen molar-refractivity contribution in [3.63, 3.8) is 0 Å². The van der Waals surface area contributed by atoms with Gasteiger partial charge >= 0.3 is 0 Å². The summed E-state index contributed by atoms with van der Waals surface area (Å²) in [6.07, 6.45) is 1.60. The molecule has 0 bridgehead atoms. The van der Waals surface area contributed by atoms with Crippen molar-refractivity contribution in [2.75, 3.05) is 13.2 Å². The molecule has 0 aliphatic carbocycles. The van der Waals surface area contributed by atoms with Crippen LogP contribution in [0.15, 0.2) is 30.5 Å². The maximum absolute atomic E-state index is 9.41. The van der Waals surface area contributed by atoms with Crippen LogP contribution in [0.3, 0.4) is 0 Å². The lowest BCUT2D eigenvalue weighted by Gasteiger charge is -2.16. The zero-order valence-corrected chi connectivity index (χ0v) is 8.96. The van der Waals surface area contributed by atoms with Crippen LogP contribution in [0.4, 0.5) is 0 Å². The first-order chi connectivity index (χ1) is 8.33. The number of aromatic nitrogens is 2. The predicted molar refractivity (Wildman–Crippen MR) is 60.1 cm³/mol. The number of fused-ring (bicyclic) bond motifs is 1. The van der Waals surface area contributed by atoms with Gasteiger partial charge in [-0.2, -0.15) is 0 Å². The van der Waals surface area contributed by atoms with E-state index in [-0.39, 0.29) is 5.75 Å². The molecule has 1 N–H and O–H groups in total. The number of aromatic hydroxyl groups is 1. The Morgan fingerprint density at radius 3 is 2.76 bits per heavy atom. The summed E-state index contributed by atoms with van der Waals surface area (Å²) < 4.78 is 10.6. The molecule has 1 aromatic heterocycles. The first-order valence-electron chi connectivity index (χ1n) is 5.25. The third-order valence-corrected chi connectivity index (χ3v) is 2.41. The highest BCUT2D eigenvalue weighted by molar-refractivity contribution is 5.61. The van der Waals surface area contributed by atoms with E-state index in [1.165, 1.54) is 0 Å². The van der Waals surface area contributed by atoms with Crippen molar-refractivity contribution in [3.8, 4) is 28.8 Å². The summed E-state index contributed by atoms with van der Waals surface area (Å²) in [4.78, 5) is 8.44. The second kappa shape index (κ2) is 3.93. The van der Waals surface area contributed by atoms with Gasteiger partial charge in [0.05, 0.1) is 11.9 Å². The Kier molecular flexibility index (Phi) is 2.29. The Labute approximate surface area is 97.7 Å². The number of phenols is 1. The predicted octanol–water partition coefficient (Wildman–Crippen LogP) is 1.62. The molecule has 17 heavy (non-hydrogen) atoms. The molecule has 2 heterocycles. The van der Waals surface area contributed by atoms with Crippen LogP contribution in [0.2, 0.25) is 0 Å². The number of ether oxygens (including phenoxy) is 2. The molecule has 86 valence electrons. The van der Waals surface area contributed by atoms with E-state index in [9.17, 15) is 5.11 Å². The first kappa shape index (κ1) is 9.89. The van der Waals surface area contributed by atoms with Crippen molar-refractivity contribution >= 4 is 0 Å². The molecule has 1 aromatic carbocycles. The number of phenolic OH excluding ortho intramolecular Hbond substituents is 1. The Balaban J connectivity index is 2.04. The second-order valence-corrected chi connectivity index (χ2v) is 3.61. The third kappa shape index (κ3) is 1.87. The highest BCUT2D eigenvalue weighted by Crippen LogP contribution is 2.29. The molecule has 0 atom stereocenters. The molecule has 0 fully saturated rings. The highest BCUT2D eigenvalue weighted by Gasteiger charge is 2.15. The van der Waals surface area contributed by atoms with E-state index in [1.54, 1.807) is 24.4 Å². The average molecular weight is 230 g/mol. The largest absolute Gasteiger partial charge is 0.508 e. The van der Waals surface area contributed by atoms with Crippen LogP contribution >= 0.6 is 0 Å². The number of hydrogen-bond acceptors (Lipinski definition) is 5. The van der Waals surface area contributed by atoms with Crippen LogP contribution in [0.25, 0.3) is 11.3 Å². The molecule has 0 unspecified atom stereocenters. The van der Waals surface area contributed by atoms with E-state index >= 15 is 0 Å². The van der Waals surface area contributed by atoms with Crippen molar-refractivity contribution in [3.05, 3.63) is 30.5 Å². The van der Waals surface area contributed by atoms with Crippen LogP contribution in [0.5, 0.6) is 17.5 Å². The van der Waals surface area contributed by atoms with Crippen molar-refractivity contribution < 1.29 is 14.6 Å². The minimum atomic E-state index is 0.194. The SMILES string of the molecule is Oc1cccc(-c2cnc3c(n2)OCCO3)c1. The Bertz CT molecular complexity index is 557. The van der Waals surface area contributed by atoms with Gasteiger partial charge in [-0.3, -0.25) is 0 Å². The van der Waals surface area contributed by atoms with E-state index in [0.717, 1.165) is 5.56 Å². The maximum Gasteiger partial charge on any atom is 0.278 e. The Morgan fingerprint density at radius 2 is 1.94 bits per heavy atom. The summed E-state index contributed by atoms with van der Waals surface area (Å²) in [5, 5.41) is 9.41. The van der Waals surface area contributed by atoms with Crippen LogP contribution in [0.1, 0.15) is 0 Å². The van der Waals surface area contributed by atoms with Crippen LogP contribution in [0, 0.1) is 0 Å². The molecule has 0 saturated carbocycles. The molecule has 0 saturated heterocycles. The van der Waals surface area contributed by atoms with Gasteiger partial charge in [0.25, 0.3) is 11.8 Å². The Morgan fingerprint density at radius 1 is 1.12 bits per heavy atom. The molecule has 0 amide bonds. The van der Waals surface area contributed by atoms with Gasteiger partial charge in [0, 0.05) is 5.56 Å². The van der Waals surface area contributed by atoms with Crippen LogP contribution in [-0.4, -0.2) is 28.3 Å². The average Bonchev–Trinajstić information content (AvgIpc) is 2.38.